The molecule has 9 heteroatoms. The molecule has 2 amide bonds. The summed E-state index contributed by atoms with van der Waals surface area (Å²) in [6.45, 7) is 4.86. The summed E-state index contributed by atoms with van der Waals surface area (Å²) in [6, 6.07) is 21.5. The van der Waals surface area contributed by atoms with Crippen LogP contribution in [0.4, 0.5) is 0 Å². The molecule has 0 aliphatic heterocycles. The van der Waals surface area contributed by atoms with Gasteiger partial charge in [0.2, 0.25) is 11.8 Å². The molecule has 1 N–H and O–H groups in total. The first kappa shape index (κ1) is 27.6. The molecule has 3 aromatic carbocycles. The van der Waals surface area contributed by atoms with E-state index in [-0.39, 0.29) is 24.9 Å². The predicted molar refractivity (Wildman–Crippen MR) is 149 cm³/mol. The summed E-state index contributed by atoms with van der Waals surface area (Å²) < 4.78 is 12.5. The molecule has 4 aromatic rings. The van der Waals surface area contributed by atoms with E-state index < -0.39 is 6.04 Å². The van der Waals surface area contributed by atoms with Gasteiger partial charge in [0.05, 0.1) is 19.7 Å². The van der Waals surface area contributed by atoms with Gasteiger partial charge < -0.3 is 19.7 Å². The lowest BCUT2D eigenvalue weighted by atomic mass is 10.0. The topological polar surface area (TPSA) is 98.6 Å². The Morgan fingerprint density at radius 2 is 1.67 bits per heavy atom. The molecule has 4 rings (SSSR count). The smallest absolute Gasteiger partial charge is 0.247 e. The first-order valence-electron chi connectivity index (χ1n) is 13.0. The highest BCUT2D eigenvalue weighted by atomic mass is 16.5. The maximum atomic E-state index is 14.0. The molecule has 0 saturated heterocycles. The Morgan fingerprint density at radius 1 is 0.949 bits per heavy atom. The average molecular weight is 530 g/mol. The Kier molecular flexibility index (Phi) is 9.14. The van der Waals surface area contributed by atoms with Crippen molar-refractivity contribution in [2.45, 2.75) is 39.4 Å². The monoisotopic (exact) mass is 529 g/mol. The van der Waals surface area contributed by atoms with Crippen molar-refractivity contribution in [3.8, 4) is 11.5 Å². The largest absolute Gasteiger partial charge is 0.493 e. The van der Waals surface area contributed by atoms with Crippen LogP contribution in [0.2, 0.25) is 0 Å². The van der Waals surface area contributed by atoms with Crippen LogP contribution in [0.3, 0.4) is 0 Å². The molecular formula is C30H35N5O4. The molecule has 0 saturated carbocycles. The first-order chi connectivity index (χ1) is 18.9. The van der Waals surface area contributed by atoms with Crippen molar-refractivity contribution in [1.82, 2.24) is 25.2 Å². The zero-order chi connectivity index (χ0) is 27.8. The van der Waals surface area contributed by atoms with Crippen molar-refractivity contribution in [2.24, 2.45) is 5.92 Å². The van der Waals surface area contributed by atoms with E-state index in [0.717, 1.165) is 17.5 Å². The summed E-state index contributed by atoms with van der Waals surface area (Å²) in [4.78, 5) is 29.5. The maximum Gasteiger partial charge on any atom is 0.247 e. The minimum atomic E-state index is -0.917. The van der Waals surface area contributed by atoms with E-state index in [9.17, 15) is 9.59 Å². The van der Waals surface area contributed by atoms with Gasteiger partial charge in [0, 0.05) is 13.1 Å². The van der Waals surface area contributed by atoms with Crippen LogP contribution in [0.15, 0.2) is 72.8 Å². The van der Waals surface area contributed by atoms with E-state index in [1.165, 1.54) is 0 Å². The maximum absolute atomic E-state index is 14.0. The normalized spacial score (nSPS) is 11.8. The third-order valence-corrected chi connectivity index (χ3v) is 6.53. The number of ether oxygens (including phenoxy) is 2. The summed E-state index contributed by atoms with van der Waals surface area (Å²) in [6.07, 6.45) is 0.821. The number of para-hydroxylation sites is 1. The number of nitrogens with zero attached hydrogens (tertiary/aromatic N) is 4. The van der Waals surface area contributed by atoms with Crippen LogP contribution < -0.4 is 14.8 Å². The first-order valence-corrected chi connectivity index (χ1v) is 13.0. The second-order valence-corrected chi connectivity index (χ2v) is 9.73. The van der Waals surface area contributed by atoms with Gasteiger partial charge in [-0.15, -0.1) is 5.10 Å². The molecule has 0 bridgehead atoms. The van der Waals surface area contributed by atoms with Crippen LogP contribution in [0, 0.1) is 5.92 Å². The summed E-state index contributed by atoms with van der Waals surface area (Å²) >= 11 is 0. The molecule has 0 fully saturated rings. The third kappa shape index (κ3) is 6.73. The number of carbonyl (C=O) groups excluding carboxylic acids is 2. The van der Waals surface area contributed by atoms with Crippen LogP contribution in [0.25, 0.3) is 11.0 Å². The van der Waals surface area contributed by atoms with Crippen molar-refractivity contribution in [3.05, 3.63) is 83.9 Å². The number of benzene rings is 3. The molecular weight excluding hydrogens is 494 g/mol. The number of hydrogen-bond donors (Lipinski definition) is 1. The van der Waals surface area contributed by atoms with Crippen molar-refractivity contribution in [2.75, 3.05) is 20.8 Å². The van der Waals surface area contributed by atoms with Gasteiger partial charge in [0.15, 0.2) is 11.5 Å². The summed E-state index contributed by atoms with van der Waals surface area (Å²) in [5, 5.41) is 11.4. The minimum Gasteiger partial charge on any atom is -0.493 e. The van der Waals surface area contributed by atoms with Crippen LogP contribution in [0.1, 0.15) is 37.4 Å². The van der Waals surface area contributed by atoms with Crippen molar-refractivity contribution in [1.29, 1.82) is 0 Å². The summed E-state index contributed by atoms with van der Waals surface area (Å²) in [5.74, 6) is 0.899. The van der Waals surface area contributed by atoms with E-state index in [1.807, 2.05) is 54.6 Å². The standard InChI is InChI=1S/C30H35N5O4/c1-21(2)16-17-31-30(37)29(23-14-15-26(38-3)27(18-23)39-4)34(19-22-10-6-5-7-11-22)28(36)20-35-25-13-9-8-12-24(25)32-33-35/h5-15,18,21,29H,16-17,19-20H2,1-4H3,(H,31,37). The Morgan fingerprint density at radius 3 is 2.38 bits per heavy atom. The predicted octanol–water partition coefficient (Wildman–Crippen LogP) is 4.38. The van der Waals surface area contributed by atoms with E-state index in [1.54, 1.807) is 42.0 Å². The highest BCUT2D eigenvalue weighted by Gasteiger charge is 2.33. The van der Waals surface area contributed by atoms with E-state index in [2.05, 4.69) is 29.5 Å². The molecule has 39 heavy (non-hydrogen) atoms. The quantitative estimate of drug-likeness (QED) is 0.292. The number of aromatic nitrogens is 3. The second-order valence-electron chi connectivity index (χ2n) is 9.73. The molecule has 1 aromatic heterocycles. The molecule has 9 nitrogen and oxygen atoms in total. The molecule has 0 aliphatic rings. The molecule has 0 radical (unpaired) electrons. The van der Waals surface area contributed by atoms with Crippen molar-refractivity contribution >= 4 is 22.8 Å². The fourth-order valence-corrected chi connectivity index (χ4v) is 4.43. The number of methoxy groups -OCH3 is 2. The van der Waals surface area contributed by atoms with Crippen LogP contribution in [0.5, 0.6) is 11.5 Å². The fraction of sp³-hybridized carbons (Fsp3) is 0.333. The van der Waals surface area contributed by atoms with E-state index in [4.69, 9.17) is 9.47 Å². The lowest BCUT2D eigenvalue weighted by Gasteiger charge is -2.32. The lowest BCUT2D eigenvalue weighted by molar-refractivity contribution is -0.142. The average Bonchev–Trinajstić information content (AvgIpc) is 3.35. The van der Waals surface area contributed by atoms with Gasteiger partial charge in [-0.3, -0.25) is 9.59 Å². The van der Waals surface area contributed by atoms with Gasteiger partial charge in [0.25, 0.3) is 0 Å². The Hall–Kier alpha value is -4.40. The van der Waals surface area contributed by atoms with Gasteiger partial charge in [0.1, 0.15) is 18.1 Å². The van der Waals surface area contributed by atoms with Crippen molar-refractivity contribution in [3.63, 3.8) is 0 Å². The van der Waals surface area contributed by atoms with Gasteiger partial charge in [-0.25, -0.2) is 4.68 Å². The number of fused-ring (bicyclic) bond motifs is 1. The Labute approximate surface area is 228 Å². The van der Waals surface area contributed by atoms with Gasteiger partial charge in [-0.05, 0) is 47.7 Å². The lowest BCUT2D eigenvalue weighted by Crippen LogP contribution is -2.45. The van der Waals surface area contributed by atoms with Crippen LogP contribution in [-0.2, 0) is 22.7 Å². The number of amides is 2. The fourth-order valence-electron chi connectivity index (χ4n) is 4.43. The second kappa shape index (κ2) is 12.9. The van der Waals surface area contributed by atoms with Crippen molar-refractivity contribution < 1.29 is 19.1 Å². The third-order valence-electron chi connectivity index (χ3n) is 6.53. The Bertz CT molecular complexity index is 1400. The molecule has 204 valence electrons. The molecule has 0 aliphatic carbocycles. The van der Waals surface area contributed by atoms with Crippen LogP contribution in [-0.4, -0.2) is 52.5 Å². The number of rotatable bonds is 12. The van der Waals surface area contributed by atoms with Gasteiger partial charge >= 0.3 is 0 Å². The minimum absolute atomic E-state index is 0.0730. The van der Waals surface area contributed by atoms with Crippen LogP contribution >= 0.6 is 0 Å². The Balaban J connectivity index is 1.75. The van der Waals surface area contributed by atoms with Gasteiger partial charge in [-0.2, -0.15) is 0 Å². The number of hydrogen-bond acceptors (Lipinski definition) is 6. The zero-order valence-electron chi connectivity index (χ0n) is 22.8. The number of carbonyl (C=O) groups is 2. The highest BCUT2D eigenvalue weighted by Crippen LogP contribution is 2.33. The molecule has 1 atom stereocenters. The van der Waals surface area contributed by atoms with Gasteiger partial charge in [-0.1, -0.05) is 67.6 Å². The summed E-state index contributed by atoms with van der Waals surface area (Å²) in [7, 11) is 3.10. The van der Waals surface area contributed by atoms with E-state index in [0.29, 0.717) is 35.0 Å². The number of nitrogens with one attached hydrogen (secondary N) is 1. The molecule has 1 heterocycles. The highest BCUT2D eigenvalue weighted by molar-refractivity contribution is 5.89. The molecule has 0 spiro atoms. The zero-order valence-corrected chi connectivity index (χ0v) is 22.8. The SMILES string of the molecule is COc1ccc(C(C(=O)NCCC(C)C)N(Cc2ccccc2)C(=O)Cn2nnc3ccccc32)cc1OC. The van der Waals surface area contributed by atoms with E-state index >= 15 is 0 Å². The molecule has 1 unspecified atom stereocenters. The summed E-state index contributed by atoms with van der Waals surface area (Å²) in [5.41, 5.74) is 2.95.